The van der Waals surface area contributed by atoms with Crippen LogP contribution in [0.4, 0.5) is 9.52 Å². The number of aromatic nitrogens is 3. The van der Waals surface area contributed by atoms with E-state index in [2.05, 4.69) is 15.1 Å². The molecule has 0 spiro atoms. The van der Waals surface area contributed by atoms with Gasteiger partial charge in [-0.15, -0.1) is 0 Å². The fraction of sp³-hybridized carbons (Fsp3) is 0.154. The summed E-state index contributed by atoms with van der Waals surface area (Å²) in [7, 11) is 0. The van der Waals surface area contributed by atoms with Gasteiger partial charge in [-0.2, -0.15) is 4.98 Å². The second kappa shape index (κ2) is 5.01. The summed E-state index contributed by atoms with van der Waals surface area (Å²) in [5.41, 5.74) is 7.23. The number of nitrogen functional groups attached to an aromatic ring is 1. The number of nitrogens with two attached hydrogens (primary N) is 1. The van der Waals surface area contributed by atoms with Crippen molar-refractivity contribution in [1.82, 2.24) is 15.1 Å². The Balaban J connectivity index is 1.99. The Labute approximate surface area is 118 Å². The van der Waals surface area contributed by atoms with Gasteiger partial charge in [-0.3, -0.25) is 0 Å². The van der Waals surface area contributed by atoms with Crippen molar-refractivity contribution in [2.75, 3.05) is 5.73 Å². The van der Waals surface area contributed by atoms with Gasteiger partial charge in [-0.1, -0.05) is 23.4 Å². The zero-order chi connectivity index (χ0) is 14.1. The molecular weight excluding hydrogens is 279 g/mol. The van der Waals surface area contributed by atoms with Crippen LogP contribution < -0.4 is 5.73 Å². The van der Waals surface area contributed by atoms with Crippen LogP contribution in [0.25, 0.3) is 22.2 Å². The summed E-state index contributed by atoms with van der Waals surface area (Å²) in [6.07, 6.45) is 0.733. The maximum atomic E-state index is 12.9. The molecule has 0 aliphatic carbocycles. The lowest BCUT2D eigenvalue weighted by Gasteiger charge is -1.93. The number of rotatable bonds is 3. The molecule has 0 radical (unpaired) electrons. The topological polar surface area (TPSA) is 77.8 Å². The van der Waals surface area contributed by atoms with E-state index in [0.29, 0.717) is 22.4 Å². The first-order chi connectivity index (χ1) is 9.67. The molecule has 1 aromatic carbocycles. The second-order valence-electron chi connectivity index (χ2n) is 4.11. The van der Waals surface area contributed by atoms with Gasteiger partial charge in [0, 0.05) is 5.56 Å². The lowest BCUT2D eigenvalue weighted by atomic mass is 10.2. The number of hydrogen-bond donors (Lipinski definition) is 1. The molecule has 0 saturated carbocycles. The lowest BCUT2D eigenvalue weighted by molar-refractivity contribution is 0.433. The third kappa shape index (κ3) is 2.27. The van der Waals surface area contributed by atoms with Crippen molar-refractivity contribution in [3.63, 3.8) is 0 Å². The number of thiazole rings is 1. The molecule has 2 heterocycles. The van der Waals surface area contributed by atoms with Crippen LogP contribution in [0, 0.1) is 5.82 Å². The molecule has 0 atom stereocenters. The summed E-state index contributed by atoms with van der Waals surface area (Å²) in [6, 6.07) is 5.92. The Morgan fingerprint density at radius 1 is 1.25 bits per heavy atom. The van der Waals surface area contributed by atoms with E-state index in [-0.39, 0.29) is 5.82 Å². The molecule has 102 valence electrons. The zero-order valence-corrected chi connectivity index (χ0v) is 11.4. The Morgan fingerprint density at radius 2 is 2.00 bits per heavy atom. The molecule has 20 heavy (non-hydrogen) atoms. The molecule has 3 aromatic rings. The first kappa shape index (κ1) is 12.7. The summed E-state index contributed by atoms with van der Waals surface area (Å²) >= 11 is 1.31. The van der Waals surface area contributed by atoms with Gasteiger partial charge in [0.25, 0.3) is 5.89 Å². The molecule has 3 rings (SSSR count). The van der Waals surface area contributed by atoms with Crippen molar-refractivity contribution in [3.05, 3.63) is 35.8 Å². The van der Waals surface area contributed by atoms with Gasteiger partial charge < -0.3 is 10.3 Å². The lowest BCUT2D eigenvalue weighted by Crippen LogP contribution is -1.86. The monoisotopic (exact) mass is 290 g/mol. The first-order valence-corrected chi connectivity index (χ1v) is 6.84. The normalized spacial score (nSPS) is 10.9. The predicted octanol–water partition coefficient (Wildman–Crippen LogP) is 3.14. The number of nitrogens with zero attached hydrogens (tertiary/aromatic N) is 3. The Kier molecular flexibility index (Phi) is 3.19. The largest absolute Gasteiger partial charge is 0.375 e. The minimum atomic E-state index is -0.305. The van der Waals surface area contributed by atoms with E-state index in [9.17, 15) is 4.39 Å². The highest BCUT2D eigenvalue weighted by atomic mass is 32.1. The van der Waals surface area contributed by atoms with Gasteiger partial charge in [-0.25, -0.2) is 9.37 Å². The van der Waals surface area contributed by atoms with Gasteiger partial charge in [-0.05, 0) is 30.7 Å². The van der Waals surface area contributed by atoms with Crippen LogP contribution in [0.3, 0.4) is 0 Å². The summed E-state index contributed by atoms with van der Waals surface area (Å²) in [6.45, 7) is 1.98. The van der Waals surface area contributed by atoms with Gasteiger partial charge in [0.2, 0.25) is 5.82 Å². The van der Waals surface area contributed by atoms with Gasteiger partial charge in [0.1, 0.15) is 10.7 Å². The van der Waals surface area contributed by atoms with Crippen LogP contribution in [0.5, 0.6) is 0 Å². The standard InChI is InChI=1S/C13H11FN4OS/c1-2-9-10(20-13(15)16-9)12-17-11(18-19-12)7-3-5-8(14)6-4-7/h3-6H,2H2,1H3,(H2,15,16). The molecule has 5 nitrogen and oxygen atoms in total. The molecular formula is C13H11FN4OS. The molecule has 2 aromatic heterocycles. The van der Waals surface area contributed by atoms with Crippen molar-refractivity contribution in [2.24, 2.45) is 0 Å². The van der Waals surface area contributed by atoms with Crippen LogP contribution in [0.2, 0.25) is 0 Å². The van der Waals surface area contributed by atoms with Crippen LogP contribution >= 0.6 is 11.3 Å². The van der Waals surface area contributed by atoms with Gasteiger partial charge >= 0.3 is 0 Å². The number of anilines is 1. The van der Waals surface area contributed by atoms with E-state index in [0.717, 1.165) is 17.0 Å². The summed E-state index contributed by atoms with van der Waals surface area (Å²) in [4.78, 5) is 9.32. The smallest absolute Gasteiger partial charge is 0.270 e. The Bertz CT molecular complexity index is 735. The average Bonchev–Trinajstić information content (AvgIpc) is 3.05. The highest BCUT2D eigenvalue weighted by molar-refractivity contribution is 7.18. The highest BCUT2D eigenvalue weighted by Crippen LogP contribution is 2.32. The number of hydrogen-bond acceptors (Lipinski definition) is 6. The quantitative estimate of drug-likeness (QED) is 0.801. The van der Waals surface area contributed by atoms with E-state index in [4.69, 9.17) is 10.3 Å². The van der Waals surface area contributed by atoms with E-state index < -0.39 is 0 Å². The van der Waals surface area contributed by atoms with E-state index in [1.165, 1.54) is 23.5 Å². The van der Waals surface area contributed by atoms with E-state index in [1.54, 1.807) is 12.1 Å². The second-order valence-corrected chi connectivity index (χ2v) is 5.14. The van der Waals surface area contributed by atoms with Crippen LogP contribution in [0.1, 0.15) is 12.6 Å². The number of benzene rings is 1. The number of halogens is 1. The van der Waals surface area contributed by atoms with Crippen molar-refractivity contribution in [3.8, 4) is 22.2 Å². The Hall–Kier alpha value is -2.28. The van der Waals surface area contributed by atoms with E-state index in [1.807, 2.05) is 6.92 Å². The van der Waals surface area contributed by atoms with Crippen LogP contribution in [-0.4, -0.2) is 15.1 Å². The zero-order valence-electron chi connectivity index (χ0n) is 10.6. The van der Waals surface area contributed by atoms with Crippen molar-refractivity contribution in [2.45, 2.75) is 13.3 Å². The summed E-state index contributed by atoms with van der Waals surface area (Å²) < 4.78 is 18.1. The average molecular weight is 290 g/mol. The fourth-order valence-electron chi connectivity index (χ4n) is 1.81. The molecule has 2 N–H and O–H groups in total. The van der Waals surface area contributed by atoms with Crippen LogP contribution in [-0.2, 0) is 6.42 Å². The SMILES string of the molecule is CCc1nc(N)sc1-c1nc(-c2ccc(F)cc2)no1. The summed E-state index contributed by atoms with van der Waals surface area (Å²) in [5, 5.41) is 4.38. The maximum absolute atomic E-state index is 12.9. The van der Waals surface area contributed by atoms with Gasteiger partial charge in [0.05, 0.1) is 5.69 Å². The minimum Gasteiger partial charge on any atom is -0.375 e. The van der Waals surface area contributed by atoms with Gasteiger partial charge in [0.15, 0.2) is 5.13 Å². The number of aryl methyl sites for hydroxylation is 1. The maximum Gasteiger partial charge on any atom is 0.270 e. The van der Waals surface area contributed by atoms with E-state index >= 15 is 0 Å². The molecule has 0 saturated heterocycles. The van der Waals surface area contributed by atoms with Crippen molar-refractivity contribution in [1.29, 1.82) is 0 Å². The fourth-order valence-corrected chi connectivity index (χ4v) is 2.65. The minimum absolute atomic E-state index is 0.305. The summed E-state index contributed by atoms with van der Waals surface area (Å²) in [5.74, 6) is 0.491. The molecule has 0 aliphatic heterocycles. The molecule has 0 amide bonds. The highest BCUT2D eigenvalue weighted by Gasteiger charge is 2.17. The van der Waals surface area contributed by atoms with Crippen molar-refractivity contribution >= 4 is 16.5 Å². The molecule has 0 fully saturated rings. The Morgan fingerprint density at radius 3 is 2.70 bits per heavy atom. The molecule has 0 unspecified atom stereocenters. The third-order valence-corrected chi connectivity index (χ3v) is 3.69. The predicted molar refractivity (Wildman–Crippen MR) is 74.6 cm³/mol. The molecule has 0 aliphatic rings. The van der Waals surface area contributed by atoms with Crippen molar-refractivity contribution < 1.29 is 8.91 Å². The third-order valence-electron chi connectivity index (χ3n) is 2.77. The van der Waals surface area contributed by atoms with Crippen LogP contribution in [0.15, 0.2) is 28.8 Å². The molecule has 0 bridgehead atoms. The molecule has 7 heteroatoms. The first-order valence-electron chi connectivity index (χ1n) is 6.02.